The number of nitrogens with one attached hydrogen (secondary N) is 1. The number of halogens is 3. The van der Waals surface area contributed by atoms with Crippen LogP contribution in [-0.2, 0) is 11.0 Å². The highest BCUT2D eigenvalue weighted by Crippen LogP contribution is 2.30. The van der Waals surface area contributed by atoms with E-state index in [0.717, 1.165) is 17.7 Å². The zero-order valence-corrected chi connectivity index (χ0v) is 10.8. The molecule has 1 amide bonds. The van der Waals surface area contributed by atoms with Crippen LogP contribution in [-0.4, -0.2) is 12.5 Å². The first-order chi connectivity index (χ1) is 8.80. The van der Waals surface area contributed by atoms with Crippen molar-refractivity contribution in [1.29, 1.82) is 0 Å². The van der Waals surface area contributed by atoms with Crippen molar-refractivity contribution in [2.45, 2.75) is 26.4 Å². The molecule has 0 aliphatic carbocycles. The van der Waals surface area contributed by atoms with E-state index in [4.69, 9.17) is 0 Å². The van der Waals surface area contributed by atoms with E-state index in [2.05, 4.69) is 5.32 Å². The van der Waals surface area contributed by atoms with Gasteiger partial charge in [0.25, 0.3) is 0 Å². The smallest absolute Gasteiger partial charge is 0.356 e. The lowest BCUT2D eigenvalue weighted by atomic mass is 10.0. The van der Waals surface area contributed by atoms with Gasteiger partial charge in [-0.1, -0.05) is 18.2 Å². The first kappa shape index (κ1) is 15.3. The number of alkyl halides is 3. The average Bonchev–Trinajstić information content (AvgIpc) is 2.29. The summed E-state index contributed by atoms with van der Waals surface area (Å²) < 4.78 is 37.7. The molecule has 0 aliphatic rings. The van der Waals surface area contributed by atoms with Crippen molar-refractivity contribution in [3.05, 3.63) is 41.0 Å². The Labute approximate surface area is 110 Å². The predicted octanol–water partition coefficient (Wildman–Crippen LogP) is 3.55. The lowest BCUT2D eigenvalue weighted by Crippen LogP contribution is -2.20. The summed E-state index contributed by atoms with van der Waals surface area (Å²) in [6.45, 7) is 3.65. The normalized spacial score (nSPS) is 11.8. The second kappa shape index (κ2) is 6.41. The largest absolute Gasteiger partial charge is 0.416 e. The SMILES string of the molecule is CC(=O)NCCC=Cc1cc(C(F)(F)F)ccc1C. The van der Waals surface area contributed by atoms with E-state index in [1.807, 2.05) is 0 Å². The molecule has 19 heavy (non-hydrogen) atoms. The number of carbonyl (C=O) groups is 1. The Morgan fingerprint density at radius 3 is 2.63 bits per heavy atom. The molecule has 0 spiro atoms. The third kappa shape index (κ3) is 5.16. The minimum Gasteiger partial charge on any atom is -0.356 e. The summed E-state index contributed by atoms with van der Waals surface area (Å²) in [4.78, 5) is 10.6. The third-order valence-electron chi connectivity index (χ3n) is 2.59. The Morgan fingerprint density at radius 1 is 1.37 bits per heavy atom. The van der Waals surface area contributed by atoms with Gasteiger partial charge in [0.1, 0.15) is 0 Å². The lowest BCUT2D eigenvalue weighted by molar-refractivity contribution is -0.137. The first-order valence-electron chi connectivity index (χ1n) is 5.89. The Hall–Kier alpha value is -1.78. The molecule has 0 saturated carbocycles. The Kier molecular flexibility index (Phi) is 5.15. The van der Waals surface area contributed by atoms with Gasteiger partial charge >= 0.3 is 6.18 Å². The fraction of sp³-hybridized carbons (Fsp3) is 0.357. The number of carbonyl (C=O) groups excluding carboxylic acids is 1. The molecule has 5 heteroatoms. The van der Waals surface area contributed by atoms with Crippen LogP contribution in [0.25, 0.3) is 6.08 Å². The second-order valence-corrected chi connectivity index (χ2v) is 4.24. The van der Waals surface area contributed by atoms with Crippen LogP contribution in [0.4, 0.5) is 13.2 Å². The first-order valence-corrected chi connectivity index (χ1v) is 5.89. The summed E-state index contributed by atoms with van der Waals surface area (Å²) in [6.07, 6.45) is -0.355. The monoisotopic (exact) mass is 271 g/mol. The van der Waals surface area contributed by atoms with Crippen molar-refractivity contribution in [3.8, 4) is 0 Å². The molecule has 104 valence electrons. The molecule has 0 bridgehead atoms. The Morgan fingerprint density at radius 2 is 2.05 bits per heavy atom. The fourth-order valence-corrected chi connectivity index (χ4v) is 1.54. The van der Waals surface area contributed by atoms with Crippen LogP contribution >= 0.6 is 0 Å². The van der Waals surface area contributed by atoms with Crippen molar-refractivity contribution in [1.82, 2.24) is 5.32 Å². The van der Waals surface area contributed by atoms with Crippen molar-refractivity contribution in [2.75, 3.05) is 6.54 Å². The van der Waals surface area contributed by atoms with Crippen molar-refractivity contribution < 1.29 is 18.0 Å². The summed E-state index contributed by atoms with van der Waals surface area (Å²) in [5, 5.41) is 2.61. The maximum atomic E-state index is 12.6. The Bertz CT molecular complexity index is 478. The van der Waals surface area contributed by atoms with Crippen LogP contribution in [0, 0.1) is 6.92 Å². The molecule has 2 nitrogen and oxygen atoms in total. The highest BCUT2D eigenvalue weighted by atomic mass is 19.4. The van der Waals surface area contributed by atoms with Gasteiger partial charge in [-0.25, -0.2) is 0 Å². The van der Waals surface area contributed by atoms with E-state index < -0.39 is 11.7 Å². The van der Waals surface area contributed by atoms with Gasteiger partial charge in [-0.05, 0) is 36.6 Å². The molecule has 1 aromatic rings. The molecular formula is C14H16F3NO. The van der Waals surface area contributed by atoms with Gasteiger partial charge in [-0.15, -0.1) is 0 Å². The standard InChI is InChI=1S/C14H16F3NO/c1-10-6-7-13(14(15,16)17)9-12(10)5-3-4-8-18-11(2)19/h3,5-7,9H,4,8H2,1-2H3,(H,18,19). The molecule has 0 saturated heterocycles. The molecule has 1 aromatic carbocycles. The zero-order chi connectivity index (χ0) is 14.5. The van der Waals surface area contributed by atoms with Crippen LogP contribution in [0.15, 0.2) is 24.3 Å². The number of benzene rings is 1. The van der Waals surface area contributed by atoms with Gasteiger partial charge in [0, 0.05) is 13.5 Å². The molecule has 1 rings (SSSR count). The molecular weight excluding hydrogens is 255 g/mol. The van der Waals surface area contributed by atoms with Crippen LogP contribution in [0.2, 0.25) is 0 Å². The van der Waals surface area contributed by atoms with Gasteiger partial charge in [-0.2, -0.15) is 13.2 Å². The third-order valence-corrected chi connectivity index (χ3v) is 2.59. The van der Waals surface area contributed by atoms with Crippen LogP contribution in [0.1, 0.15) is 30.0 Å². The lowest BCUT2D eigenvalue weighted by Gasteiger charge is -2.09. The van der Waals surface area contributed by atoms with E-state index in [9.17, 15) is 18.0 Å². The minimum atomic E-state index is -4.33. The van der Waals surface area contributed by atoms with Crippen LogP contribution in [0.3, 0.4) is 0 Å². The molecule has 0 fully saturated rings. The van der Waals surface area contributed by atoms with Gasteiger partial charge < -0.3 is 5.32 Å². The number of hydrogen-bond donors (Lipinski definition) is 1. The van der Waals surface area contributed by atoms with E-state index in [1.54, 1.807) is 19.1 Å². The van der Waals surface area contributed by atoms with Crippen LogP contribution in [0.5, 0.6) is 0 Å². The summed E-state index contributed by atoms with van der Waals surface area (Å²) >= 11 is 0. The van der Waals surface area contributed by atoms with Crippen molar-refractivity contribution in [3.63, 3.8) is 0 Å². The zero-order valence-electron chi connectivity index (χ0n) is 10.8. The maximum Gasteiger partial charge on any atom is 0.416 e. The summed E-state index contributed by atoms with van der Waals surface area (Å²) in [7, 11) is 0. The quantitative estimate of drug-likeness (QED) is 0.834. The average molecular weight is 271 g/mol. The van der Waals surface area contributed by atoms with E-state index in [1.165, 1.54) is 13.0 Å². The van der Waals surface area contributed by atoms with Gasteiger partial charge in [0.2, 0.25) is 5.91 Å². The molecule has 1 N–H and O–H groups in total. The van der Waals surface area contributed by atoms with E-state index in [0.29, 0.717) is 18.5 Å². The molecule has 0 heterocycles. The topological polar surface area (TPSA) is 29.1 Å². The molecule has 0 radical (unpaired) electrons. The summed E-state index contributed by atoms with van der Waals surface area (Å²) in [5.41, 5.74) is 0.668. The van der Waals surface area contributed by atoms with Gasteiger partial charge in [0.15, 0.2) is 0 Å². The highest BCUT2D eigenvalue weighted by Gasteiger charge is 2.30. The van der Waals surface area contributed by atoms with E-state index >= 15 is 0 Å². The summed E-state index contributed by atoms with van der Waals surface area (Å²) in [5.74, 6) is -0.122. The number of rotatable bonds is 4. The van der Waals surface area contributed by atoms with Crippen molar-refractivity contribution >= 4 is 12.0 Å². The van der Waals surface area contributed by atoms with E-state index in [-0.39, 0.29) is 5.91 Å². The van der Waals surface area contributed by atoms with Crippen LogP contribution < -0.4 is 5.32 Å². The molecule has 0 atom stereocenters. The molecule has 0 aromatic heterocycles. The summed E-state index contributed by atoms with van der Waals surface area (Å²) in [6, 6.07) is 3.66. The second-order valence-electron chi connectivity index (χ2n) is 4.24. The number of amides is 1. The van der Waals surface area contributed by atoms with Gasteiger partial charge in [-0.3, -0.25) is 4.79 Å². The Balaban J connectivity index is 2.72. The van der Waals surface area contributed by atoms with Crippen molar-refractivity contribution in [2.24, 2.45) is 0 Å². The maximum absolute atomic E-state index is 12.6. The number of hydrogen-bond acceptors (Lipinski definition) is 1. The number of aryl methyl sites for hydroxylation is 1. The predicted molar refractivity (Wildman–Crippen MR) is 68.5 cm³/mol. The highest BCUT2D eigenvalue weighted by molar-refractivity contribution is 5.72. The minimum absolute atomic E-state index is 0.122. The molecule has 0 unspecified atom stereocenters. The fourth-order valence-electron chi connectivity index (χ4n) is 1.54. The van der Waals surface area contributed by atoms with Gasteiger partial charge in [0.05, 0.1) is 5.56 Å². The molecule has 0 aliphatic heterocycles.